The molecule has 0 aromatic heterocycles. The van der Waals surface area contributed by atoms with Gasteiger partial charge < -0.3 is 15.4 Å². The molecule has 0 unspecified atom stereocenters. The molecule has 2 fully saturated rings. The lowest BCUT2D eigenvalue weighted by atomic mass is 9.78. The fourth-order valence-electron chi connectivity index (χ4n) is 4.06. The lowest BCUT2D eigenvalue weighted by Crippen LogP contribution is -2.50. The molecule has 1 aliphatic heterocycles. The Balaban J connectivity index is 1.61. The lowest BCUT2D eigenvalue weighted by molar-refractivity contribution is -0.383. The van der Waals surface area contributed by atoms with E-state index in [1.807, 2.05) is 4.90 Å². The summed E-state index contributed by atoms with van der Waals surface area (Å²) in [6.45, 7) is 0.352. The highest BCUT2D eigenvalue weighted by molar-refractivity contribution is 5.92. The summed E-state index contributed by atoms with van der Waals surface area (Å²) in [5.74, 6) is -0.407. The zero-order chi connectivity index (χ0) is 18.7. The molecule has 140 valence electrons. The molecule has 3 rings (SSSR count). The first-order valence-corrected chi connectivity index (χ1v) is 8.98. The number of esters is 1. The Bertz CT molecular complexity index is 719. The van der Waals surface area contributed by atoms with Crippen LogP contribution in [-0.4, -0.2) is 40.9 Å². The Morgan fingerprint density at radius 3 is 2.73 bits per heavy atom. The van der Waals surface area contributed by atoms with E-state index in [1.54, 1.807) is 0 Å². The normalized spacial score (nSPS) is 22.4. The summed E-state index contributed by atoms with van der Waals surface area (Å²) in [5, 5.41) is 10.9. The van der Waals surface area contributed by atoms with Crippen LogP contribution in [0.3, 0.4) is 0 Å². The predicted molar refractivity (Wildman–Crippen MR) is 94.5 cm³/mol. The number of likely N-dealkylation sites (tertiary alicyclic amines) is 1. The molecule has 0 bridgehead atoms. The van der Waals surface area contributed by atoms with E-state index in [1.165, 1.54) is 18.6 Å². The van der Waals surface area contributed by atoms with Gasteiger partial charge in [0.1, 0.15) is 5.69 Å². The minimum atomic E-state index is -0.765. The summed E-state index contributed by atoms with van der Waals surface area (Å²) in [6, 6.07) is 3.96. The summed E-state index contributed by atoms with van der Waals surface area (Å²) >= 11 is 0. The van der Waals surface area contributed by atoms with Gasteiger partial charge in [0.25, 0.3) is 11.6 Å². The van der Waals surface area contributed by atoms with Crippen LogP contribution in [0.25, 0.3) is 0 Å². The highest BCUT2D eigenvalue weighted by Gasteiger charge is 2.35. The molecular weight excluding hydrogens is 338 g/mol. The van der Waals surface area contributed by atoms with Gasteiger partial charge >= 0.3 is 5.97 Å². The number of nitrogen functional groups attached to an aromatic ring is 1. The van der Waals surface area contributed by atoms with Crippen LogP contribution in [0.2, 0.25) is 0 Å². The van der Waals surface area contributed by atoms with Crippen molar-refractivity contribution in [3.63, 3.8) is 0 Å². The van der Waals surface area contributed by atoms with Gasteiger partial charge in [-0.25, -0.2) is 4.79 Å². The fraction of sp³-hybridized carbons (Fsp3) is 0.556. The Hall–Kier alpha value is -2.64. The Labute approximate surface area is 151 Å². The molecule has 1 heterocycles. The quantitative estimate of drug-likeness (QED) is 0.381. The Morgan fingerprint density at radius 2 is 1.96 bits per heavy atom. The highest BCUT2D eigenvalue weighted by Crippen LogP contribution is 2.35. The Kier molecular flexibility index (Phi) is 5.39. The summed E-state index contributed by atoms with van der Waals surface area (Å²) in [4.78, 5) is 36.8. The number of amides is 1. The second-order valence-corrected chi connectivity index (χ2v) is 6.95. The van der Waals surface area contributed by atoms with Crippen LogP contribution in [0.15, 0.2) is 18.2 Å². The first-order chi connectivity index (χ1) is 12.5. The third-order valence-corrected chi connectivity index (χ3v) is 5.35. The molecular formula is C18H23N3O5. The molecule has 1 aromatic carbocycles. The number of nitro groups is 1. The van der Waals surface area contributed by atoms with Gasteiger partial charge in [0.05, 0.1) is 10.5 Å². The largest absolute Gasteiger partial charge is 0.452 e. The van der Waals surface area contributed by atoms with Crippen molar-refractivity contribution >= 4 is 23.3 Å². The van der Waals surface area contributed by atoms with Crippen molar-refractivity contribution in [1.29, 1.82) is 0 Å². The van der Waals surface area contributed by atoms with E-state index in [4.69, 9.17) is 10.5 Å². The number of anilines is 1. The van der Waals surface area contributed by atoms with Crippen molar-refractivity contribution in [2.24, 2.45) is 5.92 Å². The number of rotatable bonds is 4. The van der Waals surface area contributed by atoms with Gasteiger partial charge in [0, 0.05) is 18.7 Å². The molecule has 2 atom stereocenters. The summed E-state index contributed by atoms with van der Waals surface area (Å²) in [5.41, 5.74) is 5.14. The zero-order valence-corrected chi connectivity index (χ0v) is 14.6. The number of benzene rings is 1. The van der Waals surface area contributed by atoms with Crippen molar-refractivity contribution in [3.05, 3.63) is 33.9 Å². The van der Waals surface area contributed by atoms with E-state index in [0.717, 1.165) is 38.2 Å². The van der Waals surface area contributed by atoms with Crippen molar-refractivity contribution in [2.45, 2.75) is 44.6 Å². The van der Waals surface area contributed by atoms with E-state index in [0.29, 0.717) is 12.5 Å². The number of nitrogens with two attached hydrogens (primary N) is 1. The molecule has 1 aromatic rings. The second-order valence-electron chi connectivity index (χ2n) is 6.95. The molecule has 8 nitrogen and oxygen atoms in total. The molecule has 26 heavy (non-hydrogen) atoms. The maximum Gasteiger partial charge on any atom is 0.338 e. The second kappa shape index (κ2) is 7.72. The van der Waals surface area contributed by atoms with Crippen LogP contribution in [0.5, 0.6) is 0 Å². The van der Waals surface area contributed by atoms with Gasteiger partial charge in [0.15, 0.2) is 6.61 Å². The first-order valence-electron chi connectivity index (χ1n) is 8.98. The zero-order valence-electron chi connectivity index (χ0n) is 14.6. The number of nitrogens with zero attached hydrogens (tertiary/aromatic N) is 2. The van der Waals surface area contributed by atoms with Crippen LogP contribution >= 0.6 is 0 Å². The number of hydrogen-bond acceptors (Lipinski definition) is 6. The molecule has 2 N–H and O–H groups in total. The van der Waals surface area contributed by atoms with E-state index in [9.17, 15) is 19.7 Å². The molecule has 1 saturated heterocycles. The Morgan fingerprint density at radius 1 is 1.23 bits per heavy atom. The molecule has 1 amide bonds. The molecule has 1 aliphatic carbocycles. The maximum absolute atomic E-state index is 12.5. The standard InChI is InChI=1S/C18H23N3O5/c19-14-8-7-13(10-16(14)21(24)25)18(23)26-11-17(22)20-9-3-5-12-4-1-2-6-15(12)20/h7-8,10,12,15H,1-6,9,11,19H2/t12-,15-/m1/s1. The van der Waals surface area contributed by atoms with Gasteiger partial charge in [-0.2, -0.15) is 0 Å². The van der Waals surface area contributed by atoms with Crippen LogP contribution in [0, 0.1) is 16.0 Å². The summed E-state index contributed by atoms with van der Waals surface area (Å²) < 4.78 is 5.10. The van der Waals surface area contributed by atoms with E-state index >= 15 is 0 Å². The number of hydrogen-bond donors (Lipinski definition) is 1. The van der Waals surface area contributed by atoms with E-state index in [2.05, 4.69) is 0 Å². The van der Waals surface area contributed by atoms with Crippen molar-refractivity contribution in [3.8, 4) is 0 Å². The van der Waals surface area contributed by atoms with Crippen LogP contribution in [0.4, 0.5) is 11.4 Å². The summed E-state index contributed by atoms with van der Waals surface area (Å²) in [6.07, 6.45) is 6.64. The third kappa shape index (κ3) is 3.79. The van der Waals surface area contributed by atoms with Gasteiger partial charge in [-0.15, -0.1) is 0 Å². The minimum Gasteiger partial charge on any atom is -0.452 e. The lowest BCUT2D eigenvalue weighted by Gasteiger charge is -2.44. The third-order valence-electron chi connectivity index (χ3n) is 5.35. The molecule has 0 radical (unpaired) electrons. The first kappa shape index (κ1) is 18.2. The molecule has 2 aliphatic rings. The smallest absolute Gasteiger partial charge is 0.338 e. The monoisotopic (exact) mass is 361 g/mol. The van der Waals surface area contributed by atoms with Gasteiger partial charge in [-0.1, -0.05) is 12.8 Å². The van der Waals surface area contributed by atoms with Gasteiger partial charge in [-0.3, -0.25) is 14.9 Å². The number of piperidine rings is 1. The highest BCUT2D eigenvalue weighted by atomic mass is 16.6. The molecule has 8 heteroatoms. The van der Waals surface area contributed by atoms with Gasteiger partial charge in [0.2, 0.25) is 0 Å². The van der Waals surface area contributed by atoms with Crippen LogP contribution in [-0.2, 0) is 9.53 Å². The van der Waals surface area contributed by atoms with Crippen molar-refractivity contribution in [2.75, 3.05) is 18.9 Å². The topological polar surface area (TPSA) is 116 Å². The minimum absolute atomic E-state index is 0.00730. The number of fused-ring (bicyclic) bond motifs is 1. The molecule has 0 spiro atoms. The van der Waals surface area contributed by atoms with Crippen LogP contribution < -0.4 is 5.73 Å². The number of carbonyl (C=O) groups excluding carboxylic acids is 2. The SMILES string of the molecule is Nc1ccc(C(=O)OCC(=O)N2CCC[C@H]3CCCC[C@H]32)cc1[N+](=O)[O-]. The maximum atomic E-state index is 12.5. The van der Waals surface area contributed by atoms with Crippen LogP contribution in [0.1, 0.15) is 48.9 Å². The van der Waals surface area contributed by atoms with Crippen molar-refractivity contribution < 1.29 is 19.2 Å². The number of carbonyl (C=O) groups is 2. The summed E-state index contributed by atoms with van der Waals surface area (Å²) in [7, 11) is 0. The predicted octanol–water partition coefficient (Wildman–Crippen LogP) is 2.52. The van der Waals surface area contributed by atoms with E-state index in [-0.39, 0.29) is 35.5 Å². The van der Waals surface area contributed by atoms with Gasteiger partial charge in [-0.05, 0) is 43.7 Å². The average Bonchev–Trinajstić information content (AvgIpc) is 2.65. The average molecular weight is 361 g/mol. The molecule has 1 saturated carbocycles. The van der Waals surface area contributed by atoms with Crippen molar-refractivity contribution in [1.82, 2.24) is 4.90 Å². The fourth-order valence-corrected chi connectivity index (χ4v) is 4.06. The number of nitro benzene ring substituents is 1. The van der Waals surface area contributed by atoms with E-state index < -0.39 is 10.9 Å². The number of ether oxygens (including phenoxy) is 1.